The Morgan fingerprint density at radius 2 is 1.87 bits per heavy atom. The molecule has 1 amide bonds. The van der Waals surface area contributed by atoms with Crippen LogP contribution >= 0.6 is 0 Å². The van der Waals surface area contributed by atoms with Crippen LogP contribution in [-0.4, -0.2) is 23.5 Å². The van der Waals surface area contributed by atoms with Gasteiger partial charge in [-0.3, -0.25) is 9.59 Å². The molecule has 0 aliphatic heterocycles. The maximum atomic E-state index is 11.2. The van der Waals surface area contributed by atoms with Crippen molar-refractivity contribution in [3.8, 4) is 0 Å². The van der Waals surface area contributed by atoms with E-state index in [9.17, 15) is 9.59 Å². The van der Waals surface area contributed by atoms with E-state index in [4.69, 9.17) is 5.11 Å². The second kappa shape index (κ2) is 6.22. The van der Waals surface area contributed by atoms with E-state index < -0.39 is 11.9 Å². The normalized spacial score (nSPS) is 12.1. The maximum absolute atomic E-state index is 11.2. The quantitative estimate of drug-likeness (QED) is 0.679. The second-order valence-corrected chi connectivity index (χ2v) is 4.16. The Balaban J connectivity index is 4.18. The summed E-state index contributed by atoms with van der Waals surface area (Å²) in [6, 6.07) is 0. The van der Waals surface area contributed by atoms with E-state index in [1.54, 1.807) is 0 Å². The molecule has 15 heavy (non-hydrogen) atoms. The van der Waals surface area contributed by atoms with E-state index in [0.717, 1.165) is 5.57 Å². The van der Waals surface area contributed by atoms with Crippen molar-refractivity contribution in [1.29, 1.82) is 0 Å². The summed E-state index contributed by atoms with van der Waals surface area (Å²) in [5.74, 6) is -1.63. The molecule has 4 nitrogen and oxygen atoms in total. The molecule has 1 unspecified atom stereocenters. The van der Waals surface area contributed by atoms with Crippen molar-refractivity contribution < 1.29 is 14.7 Å². The summed E-state index contributed by atoms with van der Waals surface area (Å²) in [5, 5.41) is 11.5. The summed E-state index contributed by atoms with van der Waals surface area (Å²) >= 11 is 0. The van der Waals surface area contributed by atoms with Crippen LogP contribution in [0.3, 0.4) is 0 Å². The van der Waals surface area contributed by atoms with Gasteiger partial charge in [0.05, 0.1) is 5.92 Å². The van der Waals surface area contributed by atoms with Crippen molar-refractivity contribution in [2.75, 3.05) is 6.54 Å². The van der Waals surface area contributed by atoms with E-state index in [2.05, 4.69) is 5.32 Å². The molecule has 0 aromatic carbocycles. The summed E-state index contributed by atoms with van der Waals surface area (Å²) in [7, 11) is 0. The van der Waals surface area contributed by atoms with Crippen LogP contribution in [0.1, 0.15) is 27.7 Å². The molecule has 2 N–H and O–H groups in total. The van der Waals surface area contributed by atoms with Gasteiger partial charge < -0.3 is 10.4 Å². The number of carboxylic acid groups (broad SMARTS) is 1. The van der Waals surface area contributed by atoms with E-state index in [1.807, 2.05) is 27.7 Å². The van der Waals surface area contributed by atoms with Crippen LogP contribution in [0.2, 0.25) is 0 Å². The zero-order chi connectivity index (χ0) is 12.0. The minimum atomic E-state index is -0.873. The molecule has 0 rings (SSSR count). The van der Waals surface area contributed by atoms with Crippen molar-refractivity contribution in [3.05, 3.63) is 11.6 Å². The average Bonchev–Trinajstić information content (AvgIpc) is 2.00. The molecule has 0 fully saturated rings. The Bertz CT molecular complexity index is 265. The molecule has 0 spiro atoms. The molecule has 0 aliphatic carbocycles. The molecule has 4 heteroatoms. The molecule has 0 aliphatic rings. The highest BCUT2D eigenvalue weighted by atomic mass is 16.4. The first-order chi connectivity index (χ1) is 6.84. The van der Waals surface area contributed by atoms with Crippen LogP contribution in [0, 0.1) is 11.8 Å². The lowest BCUT2D eigenvalue weighted by Crippen LogP contribution is -2.34. The summed E-state index contributed by atoms with van der Waals surface area (Å²) in [5.41, 5.74) is 0.893. The molecule has 0 saturated carbocycles. The molecule has 0 aromatic rings. The highest BCUT2D eigenvalue weighted by Gasteiger charge is 2.21. The number of aliphatic carboxylic acids is 1. The van der Waals surface area contributed by atoms with Crippen molar-refractivity contribution in [2.24, 2.45) is 11.8 Å². The van der Waals surface area contributed by atoms with Crippen molar-refractivity contribution in [2.45, 2.75) is 27.7 Å². The van der Waals surface area contributed by atoms with Crippen LogP contribution in [0.25, 0.3) is 0 Å². The van der Waals surface area contributed by atoms with Crippen LogP contribution in [0.5, 0.6) is 0 Å². The molecule has 0 radical (unpaired) electrons. The molecular formula is C11H19NO3. The Hall–Kier alpha value is -1.32. The van der Waals surface area contributed by atoms with Crippen LogP contribution in [0.4, 0.5) is 0 Å². The SMILES string of the molecule is CC(C)=CC(=O)NCC(C(=O)O)C(C)C. The van der Waals surface area contributed by atoms with Gasteiger partial charge in [-0.15, -0.1) is 0 Å². The molecular weight excluding hydrogens is 194 g/mol. The van der Waals surface area contributed by atoms with Crippen LogP contribution in [-0.2, 0) is 9.59 Å². The molecule has 0 heterocycles. The maximum Gasteiger partial charge on any atom is 0.308 e. The van der Waals surface area contributed by atoms with Gasteiger partial charge in [0, 0.05) is 12.6 Å². The first-order valence-electron chi connectivity index (χ1n) is 5.00. The zero-order valence-corrected chi connectivity index (χ0v) is 9.70. The smallest absolute Gasteiger partial charge is 0.308 e. The summed E-state index contributed by atoms with van der Waals surface area (Å²) in [6.07, 6.45) is 1.46. The molecule has 0 saturated heterocycles. The van der Waals surface area contributed by atoms with Crippen LogP contribution in [0.15, 0.2) is 11.6 Å². The van der Waals surface area contributed by atoms with Gasteiger partial charge in [0.15, 0.2) is 0 Å². The second-order valence-electron chi connectivity index (χ2n) is 4.16. The number of hydrogen-bond acceptors (Lipinski definition) is 2. The Labute approximate surface area is 90.4 Å². The number of hydrogen-bond donors (Lipinski definition) is 2. The predicted octanol–water partition coefficient (Wildman–Crippen LogP) is 1.43. The fourth-order valence-electron chi connectivity index (χ4n) is 1.13. The molecule has 0 aromatic heterocycles. The van der Waals surface area contributed by atoms with Crippen molar-refractivity contribution >= 4 is 11.9 Å². The Kier molecular flexibility index (Phi) is 5.67. The van der Waals surface area contributed by atoms with Gasteiger partial charge in [-0.25, -0.2) is 0 Å². The van der Waals surface area contributed by atoms with Gasteiger partial charge in [-0.05, 0) is 19.8 Å². The number of carboxylic acids is 1. The number of nitrogens with one attached hydrogen (secondary N) is 1. The monoisotopic (exact) mass is 213 g/mol. The first-order valence-corrected chi connectivity index (χ1v) is 5.00. The number of amides is 1. The Morgan fingerprint density at radius 3 is 2.20 bits per heavy atom. The van der Waals surface area contributed by atoms with E-state index >= 15 is 0 Å². The third-order valence-corrected chi connectivity index (χ3v) is 2.04. The number of rotatable bonds is 5. The highest BCUT2D eigenvalue weighted by Crippen LogP contribution is 2.09. The van der Waals surface area contributed by atoms with Crippen molar-refractivity contribution in [1.82, 2.24) is 5.32 Å². The van der Waals surface area contributed by atoms with E-state index in [0.29, 0.717) is 0 Å². The van der Waals surface area contributed by atoms with Gasteiger partial charge >= 0.3 is 5.97 Å². The molecule has 1 atom stereocenters. The van der Waals surface area contributed by atoms with E-state index in [1.165, 1.54) is 6.08 Å². The topological polar surface area (TPSA) is 66.4 Å². The fourth-order valence-corrected chi connectivity index (χ4v) is 1.13. The van der Waals surface area contributed by atoms with Gasteiger partial charge in [0.1, 0.15) is 0 Å². The Morgan fingerprint density at radius 1 is 1.33 bits per heavy atom. The van der Waals surface area contributed by atoms with Gasteiger partial charge in [-0.2, -0.15) is 0 Å². The third-order valence-electron chi connectivity index (χ3n) is 2.04. The standard InChI is InChI=1S/C11H19NO3/c1-7(2)5-10(13)12-6-9(8(3)4)11(14)15/h5,8-9H,6H2,1-4H3,(H,12,13)(H,14,15). The number of carbonyl (C=O) groups excluding carboxylic acids is 1. The van der Waals surface area contributed by atoms with Gasteiger partial charge in [0.25, 0.3) is 0 Å². The third kappa shape index (κ3) is 5.88. The van der Waals surface area contributed by atoms with Crippen molar-refractivity contribution in [3.63, 3.8) is 0 Å². The van der Waals surface area contributed by atoms with Gasteiger partial charge in [-0.1, -0.05) is 19.4 Å². The van der Waals surface area contributed by atoms with E-state index in [-0.39, 0.29) is 18.4 Å². The fraction of sp³-hybridized carbons (Fsp3) is 0.636. The minimum Gasteiger partial charge on any atom is -0.481 e. The molecule has 0 bridgehead atoms. The lowest BCUT2D eigenvalue weighted by molar-refractivity contribution is -0.143. The summed E-state index contributed by atoms with van der Waals surface area (Å²) in [4.78, 5) is 22.0. The van der Waals surface area contributed by atoms with Gasteiger partial charge in [0.2, 0.25) is 5.91 Å². The number of allylic oxidation sites excluding steroid dienone is 1. The number of carbonyl (C=O) groups is 2. The molecule has 86 valence electrons. The highest BCUT2D eigenvalue weighted by molar-refractivity contribution is 5.88. The van der Waals surface area contributed by atoms with Crippen LogP contribution < -0.4 is 5.32 Å². The summed E-state index contributed by atoms with van der Waals surface area (Å²) in [6.45, 7) is 7.46. The minimum absolute atomic E-state index is 0.00880. The predicted molar refractivity (Wildman–Crippen MR) is 58.4 cm³/mol. The summed E-state index contributed by atoms with van der Waals surface area (Å²) < 4.78 is 0. The lowest BCUT2D eigenvalue weighted by atomic mass is 9.96. The zero-order valence-electron chi connectivity index (χ0n) is 9.70. The average molecular weight is 213 g/mol. The lowest BCUT2D eigenvalue weighted by Gasteiger charge is -2.15. The largest absolute Gasteiger partial charge is 0.481 e. The first kappa shape index (κ1) is 13.7.